The van der Waals surface area contributed by atoms with E-state index in [1.54, 1.807) is 18.2 Å². The molecule has 2 aliphatic rings. The maximum absolute atomic E-state index is 13.3. The summed E-state index contributed by atoms with van der Waals surface area (Å²) >= 11 is 0. The number of ether oxygens (including phenoxy) is 3. The Kier molecular flexibility index (Phi) is 4.93. The van der Waals surface area contributed by atoms with Gasteiger partial charge in [0, 0.05) is 11.6 Å². The van der Waals surface area contributed by atoms with Gasteiger partial charge in [-0.25, -0.2) is 4.90 Å². The van der Waals surface area contributed by atoms with Crippen molar-refractivity contribution in [3.63, 3.8) is 0 Å². The number of rotatable bonds is 6. The minimum Gasteiger partial charge on any atom is -0.494 e. The zero-order valence-corrected chi connectivity index (χ0v) is 16.7. The smallest absolute Gasteiger partial charge is 0.279 e. The number of amides is 2. The fourth-order valence-electron chi connectivity index (χ4n) is 3.69. The highest BCUT2D eigenvalue weighted by atomic mass is 16.7. The first-order valence-corrected chi connectivity index (χ1v) is 9.08. The summed E-state index contributed by atoms with van der Waals surface area (Å²) in [7, 11) is 4.22. The summed E-state index contributed by atoms with van der Waals surface area (Å²) in [5, 5.41) is 15.0. The van der Waals surface area contributed by atoms with E-state index in [9.17, 15) is 19.7 Å². The highest BCUT2D eigenvalue weighted by Gasteiger charge is 2.57. The molecule has 0 aliphatic carbocycles. The van der Waals surface area contributed by atoms with Gasteiger partial charge in [-0.3, -0.25) is 19.7 Å². The Labute approximate surface area is 175 Å². The fraction of sp³-hybridized carbons (Fsp3) is 0.250. The van der Waals surface area contributed by atoms with Gasteiger partial charge in [-0.2, -0.15) is 0 Å². The van der Waals surface area contributed by atoms with Crippen LogP contribution in [0.4, 0.5) is 11.4 Å². The number of oxime groups is 1. The van der Waals surface area contributed by atoms with E-state index in [2.05, 4.69) is 5.16 Å². The second-order valence-electron chi connectivity index (χ2n) is 6.65. The third-order valence-electron chi connectivity index (χ3n) is 5.11. The van der Waals surface area contributed by atoms with Crippen molar-refractivity contribution < 1.29 is 33.6 Å². The fourth-order valence-corrected chi connectivity index (χ4v) is 3.69. The second-order valence-corrected chi connectivity index (χ2v) is 6.65. The molecular weight excluding hydrogens is 410 g/mol. The molecule has 0 bridgehead atoms. The van der Waals surface area contributed by atoms with Crippen molar-refractivity contribution in [3.05, 3.63) is 52.1 Å². The summed E-state index contributed by atoms with van der Waals surface area (Å²) in [6.45, 7) is 0. The molecule has 4 rings (SSSR count). The molecule has 0 radical (unpaired) electrons. The maximum Gasteiger partial charge on any atom is 0.279 e. The van der Waals surface area contributed by atoms with Crippen molar-refractivity contribution in [2.24, 2.45) is 11.1 Å². The number of imide groups is 1. The molecule has 1 saturated heterocycles. The van der Waals surface area contributed by atoms with E-state index in [0.717, 1.165) is 11.0 Å². The van der Waals surface area contributed by atoms with Gasteiger partial charge < -0.3 is 19.0 Å². The third-order valence-corrected chi connectivity index (χ3v) is 5.11. The van der Waals surface area contributed by atoms with Gasteiger partial charge in [0.05, 0.1) is 38.0 Å². The standard InChI is InChI=1S/C20H17N3O8/c1-28-13-6-4-5-11(17(13)30-3)16-15-18(31-21-16)20(25)22(19(15)24)12-8-7-10(23(26)27)9-14(12)29-2/h4-9,15,18H,1-3H3. The maximum atomic E-state index is 13.3. The van der Waals surface area contributed by atoms with Crippen LogP contribution in [0.5, 0.6) is 17.2 Å². The number of hydrogen-bond acceptors (Lipinski definition) is 9. The van der Waals surface area contributed by atoms with Gasteiger partial charge >= 0.3 is 0 Å². The van der Waals surface area contributed by atoms with Gasteiger partial charge in [0.15, 0.2) is 11.5 Å². The molecule has 2 atom stereocenters. The van der Waals surface area contributed by atoms with E-state index >= 15 is 0 Å². The van der Waals surface area contributed by atoms with Crippen LogP contribution in [0, 0.1) is 16.0 Å². The summed E-state index contributed by atoms with van der Waals surface area (Å²) in [5.74, 6) is -1.48. The lowest BCUT2D eigenvalue weighted by molar-refractivity contribution is -0.384. The zero-order valence-electron chi connectivity index (χ0n) is 16.7. The van der Waals surface area contributed by atoms with Gasteiger partial charge in [0.2, 0.25) is 12.0 Å². The number of benzene rings is 2. The number of para-hydroxylation sites is 1. The molecule has 11 heteroatoms. The molecule has 2 aliphatic heterocycles. The second kappa shape index (κ2) is 7.59. The van der Waals surface area contributed by atoms with Crippen LogP contribution in [0.25, 0.3) is 0 Å². The molecular formula is C20H17N3O8. The molecule has 0 N–H and O–H groups in total. The van der Waals surface area contributed by atoms with Gasteiger partial charge in [-0.05, 0) is 18.2 Å². The van der Waals surface area contributed by atoms with Crippen molar-refractivity contribution >= 4 is 28.9 Å². The lowest BCUT2D eigenvalue weighted by Crippen LogP contribution is -2.33. The summed E-state index contributed by atoms with van der Waals surface area (Å²) in [6, 6.07) is 8.69. The van der Waals surface area contributed by atoms with Crippen LogP contribution < -0.4 is 19.1 Å². The number of nitro groups is 1. The average molecular weight is 427 g/mol. The first kappa shape index (κ1) is 20.1. The highest BCUT2D eigenvalue weighted by Crippen LogP contribution is 2.42. The Balaban J connectivity index is 1.75. The number of methoxy groups -OCH3 is 3. The van der Waals surface area contributed by atoms with Gasteiger partial charge in [0.1, 0.15) is 17.4 Å². The molecule has 2 heterocycles. The monoisotopic (exact) mass is 427 g/mol. The lowest BCUT2D eigenvalue weighted by Gasteiger charge is -2.18. The number of fused-ring (bicyclic) bond motifs is 1. The van der Waals surface area contributed by atoms with Crippen LogP contribution in [0.2, 0.25) is 0 Å². The number of anilines is 1. The van der Waals surface area contributed by atoms with E-state index < -0.39 is 28.8 Å². The van der Waals surface area contributed by atoms with E-state index in [1.807, 2.05) is 0 Å². The van der Waals surface area contributed by atoms with Crippen molar-refractivity contribution in [2.45, 2.75) is 6.10 Å². The number of carbonyl (C=O) groups is 2. The zero-order chi connectivity index (χ0) is 22.3. The predicted molar refractivity (Wildman–Crippen MR) is 107 cm³/mol. The minimum atomic E-state index is -1.17. The van der Waals surface area contributed by atoms with Crippen molar-refractivity contribution in [1.82, 2.24) is 0 Å². The van der Waals surface area contributed by atoms with Gasteiger partial charge in [-0.15, -0.1) is 0 Å². The van der Waals surface area contributed by atoms with E-state index in [-0.39, 0.29) is 22.8 Å². The van der Waals surface area contributed by atoms with Crippen molar-refractivity contribution in [2.75, 3.05) is 26.2 Å². The van der Waals surface area contributed by atoms with E-state index in [0.29, 0.717) is 17.1 Å². The van der Waals surface area contributed by atoms with Crippen LogP contribution in [0.1, 0.15) is 5.56 Å². The van der Waals surface area contributed by atoms with Crippen LogP contribution in [-0.2, 0) is 14.4 Å². The summed E-state index contributed by atoms with van der Waals surface area (Å²) in [6.07, 6.45) is -1.17. The van der Waals surface area contributed by atoms with Crippen LogP contribution >= 0.6 is 0 Å². The minimum absolute atomic E-state index is 0.00771. The third kappa shape index (κ3) is 3.01. The SMILES string of the molecule is COc1cc([N+](=O)[O-])ccc1N1C(=O)C2ON=C(c3cccc(OC)c3OC)C2C1=O. The molecule has 160 valence electrons. The molecule has 2 aromatic carbocycles. The van der Waals surface area contributed by atoms with Crippen LogP contribution in [0.3, 0.4) is 0 Å². The summed E-state index contributed by atoms with van der Waals surface area (Å²) in [5.41, 5.74) is 0.521. The molecule has 0 aromatic heterocycles. The Morgan fingerprint density at radius 1 is 1.03 bits per heavy atom. The Morgan fingerprint density at radius 2 is 1.77 bits per heavy atom. The van der Waals surface area contributed by atoms with Gasteiger partial charge in [-0.1, -0.05) is 11.2 Å². The first-order valence-electron chi connectivity index (χ1n) is 9.08. The molecule has 2 aromatic rings. The molecule has 2 unspecified atom stereocenters. The quantitative estimate of drug-likeness (QED) is 0.388. The molecule has 11 nitrogen and oxygen atoms in total. The number of nitrogens with zero attached hydrogens (tertiary/aromatic N) is 3. The van der Waals surface area contributed by atoms with Crippen molar-refractivity contribution in [1.29, 1.82) is 0 Å². The van der Waals surface area contributed by atoms with Crippen LogP contribution in [-0.4, -0.2) is 49.9 Å². The highest BCUT2D eigenvalue weighted by molar-refractivity contribution is 6.33. The Morgan fingerprint density at radius 3 is 2.42 bits per heavy atom. The van der Waals surface area contributed by atoms with E-state index in [1.165, 1.54) is 33.5 Å². The average Bonchev–Trinajstić information content (AvgIpc) is 3.32. The largest absolute Gasteiger partial charge is 0.494 e. The Bertz CT molecular complexity index is 1130. The predicted octanol–water partition coefficient (Wildman–Crippen LogP) is 1.91. The van der Waals surface area contributed by atoms with Crippen LogP contribution in [0.15, 0.2) is 41.6 Å². The molecule has 31 heavy (non-hydrogen) atoms. The van der Waals surface area contributed by atoms with Gasteiger partial charge in [0.25, 0.3) is 11.6 Å². The topological polar surface area (TPSA) is 130 Å². The number of nitro benzene ring substituents is 1. The molecule has 1 fully saturated rings. The first-order chi connectivity index (χ1) is 14.9. The normalized spacial score (nSPS) is 19.6. The number of non-ortho nitro benzene ring substituents is 1. The number of carbonyl (C=O) groups excluding carboxylic acids is 2. The molecule has 0 spiro atoms. The number of hydrogen-bond donors (Lipinski definition) is 0. The summed E-state index contributed by atoms with van der Waals surface area (Å²) in [4.78, 5) is 43.0. The Hall–Kier alpha value is -4.15. The molecule has 2 amide bonds. The molecule has 0 saturated carbocycles. The van der Waals surface area contributed by atoms with Crippen molar-refractivity contribution in [3.8, 4) is 17.2 Å². The van der Waals surface area contributed by atoms with E-state index in [4.69, 9.17) is 19.0 Å². The summed E-state index contributed by atoms with van der Waals surface area (Å²) < 4.78 is 15.9. The lowest BCUT2D eigenvalue weighted by atomic mass is 9.93.